The zero-order valence-electron chi connectivity index (χ0n) is 14.1. The fourth-order valence-corrected chi connectivity index (χ4v) is 4.48. The molecular weight excluding hydrogens is 348 g/mol. The molecule has 0 aliphatic carbocycles. The van der Waals surface area contributed by atoms with Crippen LogP contribution in [-0.2, 0) is 28.4 Å². The third-order valence-corrected chi connectivity index (χ3v) is 6.42. The van der Waals surface area contributed by atoms with E-state index < -0.39 is 16.1 Å². The van der Waals surface area contributed by atoms with Crippen LogP contribution in [-0.4, -0.2) is 41.1 Å². The average molecular weight is 371 g/mol. The number of hydrogen-bond donors (Lipinski definition) is 1. The molecule has 0 saturated carbocycles. The Morgan fingerprint density at radius 3 is 2.62 bits per heavy atom. The second kappa shape index (κ2) is 7.45. The third kappa shape index (κ3) is 4.43. The molecule has 0 bridgehead atoms. The molecule has 1 amide bonds. The fourth-order valence-electron chi connectivity index (χ4n) is 2.27. The molecular formula is C15H22N4O3S2. The minimum absolute atomic E-state index is 0.0635. The van der Waals surface area contributed by atoms with Gasteiger partial charge in [-0.1, -0.05) is 6.07 Å². The highest BCUT2D eigenvalue weighted by atomic mass is 32.2. The van der Waals surface area contributed by atoms with E-state index >= 15 is 0 Å². The number of carbonyl (C=O) groups is 1. The van der Waals surface area contributed by atoms with Crippen LogP contribution in [0.25, 0.3) is 0 Å². The molecule has 1 N–H and O–H groups in total. The van der Waals surface area contributed by atoms with Crippen molar-refractivity contribution < 1.29 is 13.2 Å². The number of aryl methyl sites for hydroxylation is 1. The monoisotopic (exact) mass is 370 g/mol. The van der Waals surface area contributed by atoms with Gasteiger partial charge in [0, 0.05) is 31.4 Å². The van der Waals surface area contributed by atoms with Gasteiger partial charge in [0.05, 0.1) is 12.2 Å². The lowest BCUT2D eigenvalue weighted by molar-refractivity contribution is -0.135. The lowest BCUT2D eigenvalue weighted by atomic mass is 10.2. The first kappa shape index (κ1) is 18.6. The maximum Gasteiger partial charge on any atom is 0.250 e. The van der Waals surface area contributed by atoms with Crippen molar-refractivity contribution in [3.8, 4) is 0 Å². The first-order valence-corrected chi connectivity index (χ1v) is 9.91. The number of carbonyl (C=O) groups excluding carboxylic acids is 1. The second-order valence-electron chi connectivity index (χ2n) is 5.86. The summed E-state index contributed by atoms with van der Waals surface area (Å²) in [5.74, 6) is -0.269. The van der Waals surface area contributed by atoms with E-state index in [4.69, 9.17) is 0 Å². The van der Waals surface area contributed by atoms with E-state index in [9.17, 15) is 13.2 Å². The van der Waals surface area contributed by atoms with Gasteiger partial charge in [0.25, 0.3) is 10.0 Å². The van der Waals surface area contributed by atoms with Crippen LogP contribution in [0.15, 0.2) is 34.1 Å². The number of aromatic nitrogens is 2. The first-order valence-electron chi connectivity index (χ1n) is 7.54. The summed E-state index contributed by atoms with van der Waals surface area (Å²) in [4.78, 5) is 14.4. The minimum Gasteiger partial charge on any atom is -0.334 e. The van der Waals surface area contributed by atoms with Crippen LogP contribution in [0.3, 0.4) is 0 Å². The van der Waals surface area contributed by atoms with Gasteiger partial charge < -0.3 is 4.90 Å². The number of thiophene rings is 1. The van der Waals surface area contributed by atoms with Crippen molar-refractivity contribution in [1.82, 2.24) is 19.4 Å². The van der Waals surface area contributed by atoms with E-state index in [2.05, 4.69) is 9.82 Å². The summed E-state index contributed by atoms with van der Waals surface area (Å²) >= 11 is 1.12. The van der Waals surface area contributed by atoms with E-state index in [1.165, 1.54) is 6.07 Å². The Hall–Kier alpha value is -1.71. The molecule has 0 spiro atoms. The van der Waals surface area contributed by atoms with Crippen LogP contribution in [0.5, 0.6) is 0 Å². The molecule has 2 heterocycles. The van der Waals surface area contributed by atoms with Gasteiger partial charge in [0.1, 0.15) is 4.21 Å². The van der Waals surface area contributed by atoms with Gasteiger partial charge >= 0.3 is 0 Å². The Kier molecular flexibility index (Phi) is 5.79. The molecule has 0 aromatic carbocycles. The summed E-state index contributed by atoms with van der Waals surface area (Å²) in [5, 5.41) is 5.78. The van der Waals surface area contributed by atoms with Crippen LogP contribution in [0.4, 0.5) is 0 Å². The highest BCUT2D eigenvalue weighted by molar-refractivity contribution is 7.91. The molecule has 1 atom stereocenters. The number of rotatable bonds is 7. The van der Waals surface area contributed by atoms with E-state index in [0.717, 1.165) is 16.9 Å². The summed E-state index contributed by atoms with van der Waals surface area (Å²) in [6.07, 6.45) is 3.53. The standard InChI is InChI=1S/C15H22N4O3S2/c1-11(2)19(10-13-8-16-18(4)9-13)15(20)12(3)17-24(21,22)14-6-5-7-23-14/h5-9,11-12,17H,10H2,1-4H3. The minimum atomic E-state index is -3.68. The molecule has 2 aromatic heterocycles. The summed E-state index contributed by atoms with van der Waals surface area (Å²) < 4.78 is 28.9. The molecule has 0 fully saturated rings. The molecule has 0 aliphatic heterocycles. The zero-order valence-corrected chi connectivity index (χ0v) is 15.8. The Morgan fingerprint density at radius 2 is 2.12 bits per heavy atom. The van der Waals surface area contributed by atoms with Crippen molar-refractivity contribution in [2.75, 3.05) is 0 Å². The van der Waals surface area contributed by atoms with Crippen LogP contribution in [0.2, 0.25) is 0 Å². The van der Waals surface area contributed by atoms with E-state index in [0.29, 0.717) is 6.54 Å². The van der Waals surface area contributed by atoms with Crippen molar-refractivity contribution in [1.29, 1.82) is 0 Å². The second-order valence-corrected chi connectivity index (χ2v) is 8.75. The molecule has 9 heteroatoms. The molecule has 7 nitrogen and oxygen atoms in total. The van der Waals surface area contributed by atoms with Crippen molar-refractivity contribution in [3.05, 3.63) is 35.5 Å². The quantitative estimate of drug-likeness (QED) is 0.802. The molecule has 0 saturated heterocycles. The van der Waals surface area contributed by atoms with Crippen LogP contribution in [0, 0.1) is 0 Å². The van der Waals surface area contributed by atoms with Crippen LogP contribution >= 0.6 is 11.3 Å². The Bertz CT molecular complexity index is 782. The van der Waals surface area contributed by atoms with Gasteiger partial charge in [-0.05, 0) is 32.2 Å². The Morgan fingerprint density at radius 1 is 1.42 bits per heavy atom. The molecule has 2 aromatic rings. The molecule has 0 radical (unpaired) electrons. The number of nitrogens with zero attached hydrogens (tertiary/aromatic N) is 3. The largest absolute Gasteiger partial charge is 0.334 e. The summed E-state index contributed by atoms with van der Waals surface area (Å²) in [6, 6.07) is 2.26. The Balaban J connectivity index is 2.11. The third-order valence-electron chi connectivity index (χ3n) is 3.48. The van der Waals surface area contributed by atoms with Crippen molar-refractivity contribution in [2.24, 2.45) is 7.05 Å². The highest BCUT2D eigenvalue weighted by Gasteiger charge is 2.28. The van der Waals surface area contributed by atoms with Crippen LogP contribution in [0.1, 0.15) is 26.3 Å². The van der Waals surface area contributed by atoms with Crippen molar-refractivity contribution in [3.63, 3.8) is 0 Å². The summed E-state index contributed by atoms with van der Waals surface area (Å²) in [7, 11) is -1.88. The number of sulfonamides is 1. The van der Waals surface area contributed by atoms with Gasteiger partial charge in [0.15, 0.2) is 0 Å². The predicted molar refractivity (Wildman–Crippen MR) is 93.0 cm³/mol. The van der Waals surface area contributed by atoms with Gasteiger partial charge in [0.2, 0.25) is 5.91 Å². The number of hydrogen-bond acceptors (Lipinski definition) is 5. The average Bonchev–Trinajstić information content (AvgIpc) is 3.15. The number of nitrogens with one attached hydrogen (secondary N) is 1. The highest BCUT2D eigenvalue weighted by Crippen LogP contribution is 2.17. The SMILES string of the molecule is CC(NS(=O)(=O)c1cccs1)C(=O)N(Cc1cnn(C)c1)C(C)C. The lowest BCUT2D eigenvalue weighted by Gasteiger charge is -2.29. The fraction of sp³-hybridized carbons (Fsp3) is 0.467. The van der Waals surface area contributed by atoms with Gasteiger partial charge in [-0.15, -0.1) is 11.3 Å². The topological polar surface area (TPSA) is 84.3 Å². The predicted octanol–water partition coefficient (Wildman–Crippen LogP) is 1.59. The van der Waals surface area contributed by atoms with Gasteiger partial charge in [-0.25, -0.2) is 8.42 Å². The zero-order chi connectivity index (χ0) is 17.9. The van der Waals surface area contributed by atoms with Crippen LogP contribution < -0.4 is 4.72 Å². The van der Waals surface area contributed by atoms with E-state index in [1.807, 2.05) is 27.1 Å². The molecule has 1 unspecified atom stereocenters. The van der Waals surface area contributed by atoms with E-state index in [-0.39, 0.29) is 16.2 Å². The van der Waals surface area contributed by atoms with Gasteiger partial charge in [-0.3, -0.25) is 9.48 Å². The van der Waals surface area contributed by atoms with Crippen molar-refractivity contribution >= 4 is 27.3 Å². The molecule has 132 valence electrons. The van der Waals surface area contributed by atoms with Gasteiger partial charge in [-0.2, -0.15) is 9.82 Å². The molecule has 0 aliphatic rings. The normalized spacial score (nSPS) is 13.2. The summed E-state index contributed by atoms with van der Waals surface area (Å²) in [5.41, 5.74) is 0.896. The molecule has 2 rings (SSSR count). The lowest BCUT2D eigenvalue weighted by Crippen LogP contribution is -2.48. The Labute approximate surface area is 146 Å². The smallest absolute Gasteiger partial charge is 0.250 e. The maximum atomic E-state index is 12.7. The van der Waals surface area contributed by atoms with E-state index in [1.54, 1.807) is 34.1 Å². The number of amides is 1. The molecule has 24 heavy (non-hydrogen) atoms. The van der Waals surface area contributed by atoms with Crippen molar-refractivity contribution in [2.45, 2.75) is 43.6 Å². The summed E-state index contributed by atoms with van der Waals surface area (Å²) in [6.45, 7) is 5.74. The maximum absolute atomic E-state index is 12.7. The first-order chi connectivity index (χ1) is 11.2.